The van der Waals surface area contributed by atoms with Crippen LogP contribution in [0.5, 0.6) is 5.75 Å². The zero-order valence-electron chi connectivity index (χ0n) is 35.3. The summed E-state index contributed by atoms with van der Waals surface area (Å²) in [7, 11) is 0. The lowest BCUT2D eigenvalue weighted by Gasteiger charge is -2.37. The fourth-order valence-electron chi connectivity index (χ4n) is 8.04. The number of ketones is 1. The molecule has 0 bridgehead atoms. The largest absolute Gasteiger partial charge is 0.508 e. The van der Waals surface area contributed by atoms with Crippen LogP contribution in [0.25, 0.3) is 10.2 Å². The molecule has 0 aliphatic carbocycles. The number of aryl methyl sites for hydroxylation is 1. The summed E-state index contributed by atoms with van der Waals surface area (Å²) in [4.78, 5) is 83.4. The molecule has 0 spiro atoms. The Bertz CT molecular complexity index is 2160. The maximum absolute atomic E-state index is 14.5. The van der Waals surface area contributed by atoms with Gasteiger partial charge in [0.2, 0.25) is 0 Å². The average molecular weight is 859 g/mol. The average Bonchev–Trinajstić information content (AvgIpc) is 3.50. The monoisotopic (exact) mass is 858 g/mol. The Morgan fingerprint density at radius 1 is 1.07 bits per heavy atom. The van der Waals surface area contributed by atoms with E-state index in [4.69, 9.17) is 23.7 Å². The number of cyclic esters (lactones) is 1. The molecule has 0 saturated carbocycles. The first-order valence-electron chi connectivity index (χ1n) is 20.7. The number of aliphatic hydroxyl groups is 1. The van der Waals surface area contributed by atoms with Crippen molar-refractivity contribution >= 4 is 57.2 Å². The Labute approximate surface area is 359 Å². The molecular formula is C46H54N2O12S. The van der Waals surface area contributed by atoms with Gasteiger partial charge in [0, 0.05) is 37.5 Å². The van der Waals surface area contributed by atoms with E-state index in [1.165, 1.54) is 24.3 Å². The minimum Gasteiger partial charge on any atom is -0.457 e. The molecular weight excluding hydrogens is 805 g/mol. The molecule has 1 N–H and O–H groups in total. The summed E-state index contributed by atoms with van der Waals surface area (Å²) in [6, 6.07) is 12.0. The molecule has 61 heavy (non-hydrogen) atoms. The van der Waals surface area contributed by atoms with Gasteiger partial charge in [-0.1, -0.05) is 37.6 Å². The minimum atomic E-state index is -1.49. The van der Waals surface area contributed by atoms with Crippen LogP contribution in [0, 0.1) is 24.2 Å². The Balaban J connectivity index is 1.15. The van der Waals surface area contributed by atoms with E-state index in [-0.39, 0.29) is 50.2 Å². The zero-order valence-corrected chi connectivity index (χ0v) is 36.1. The van der Waals surface area contributed by atoms with E-state index in [1.807, 2.05) is 39.0 Å². The smallest absolute Gasteiger partial charge is 0.457 e. The SMILES string of the molecule is C=CCC1C(=O)C(C)(C)C(OC(=O)OCc2ccc(OC(=O)CCCN3C(=O)C=CC3=O)cc2)CC(=O)OC(c2ccc3sc(C)nc3c2)CC2OC2(C)CCCC(C)C1O. The van der Waals surface area contributed by atoms with Crippen molar-refractivity contribution in [2.45, 2.75) is 123 Å². The fraction of sp³-hybridized carbons (Fsp3) is 0.500. The highest BCUT2D eigenvalue weighted by Gasteiger charge is 2.53. The zero-order chi connectivity index (χ0) is 44.1. The molecule has 2 saturated heterocycles. The Morgan fingerprint density at radius 2 is 1.79 bits per heavy atom. The van der Waals surface area contributed by atoms with Crippen LogP contribution in [-0.2, 0) is 49.5 Å². The molecule has 3 aromatic rings. The predicted molar refractivity (Wildman–Crippen MR) is 224 cm³/mol. The standard InChI is InChI=1S/C46H54N2O12S/c1-7-10-32-42(53)27(2)11-8-21-46(6)37(60-46)24-34(30-15-18-35-33(23-30)47-28(3)61-35)58-41(52)25-36(45(4,5)43(32)54)59-44(55)56-26-29-13-16-31(17-14-29)57-40(51)12-9-22-48-38(49)19-20-39(48)50/h7,13-20,23,27,32,34,36-37,42,53H,1,8-12,21-22,24-26H2,2-6H3. The molecule has 4 heterocycles. The number of esters is 2. The van der Waals surface area contributed by atoms with E-state index in [0.29, 0.717) is 18.4 Å². The van der Waals surface area contributed by atoms with Gasteiger partial charge in [-0.25, -0.2) is 9.78 Å². The van der Waals surface area contributed by atoms with E-state index in [1.54, 1.807) is 43.4 Å². The first-order chi connectivity index (χ1) is 29.0. The lowest BCUT2D eigenvalue weighted by Crippen LogP contribution is -2.48. The van der Waals surface area contributed by atoms with Crippen LogP contribution >= 0.6 is 11.3 Å². The predicted octanol–water partition coefficient (Wildman–Crippen LogP) is 7.43. The van der Waals surface area contributed by atoms with Gasteiger partial charge in [-0.3, -0.25) is 28.9 Å². The molecule has 7 atom stereocenters. The number of aromatic nitrogens is 1. The molecule has 0 radical (unpaired) electrons. The van der Waals surface area contributed by atoms with Gasteiger partial charge in [0.15, 0.2) is 0 Å². The van der Waals surface area contributed by atoms with Gasteiger partial charge in [-0.05, 0) is 94.7 Å². The number of benzene rings is 2. The van der Waals surface area contributed by atoms with Crippen molar-refractivity contribution < 1.29 is 57.6 Å². The highest BCUT2D eigenvalue weighted by Crippen LogP contribution is 2.47. The number of thiazole rings is 1. The molecule has 1 aromatic heterocycles. The van der Waals surface area contributed by atoms with Crippen molar-refractivity contribution in [3.8, 4) is 5.75 Å². The summed E-state index contributed by atoms with van der Waals surface area (Å²) in [6.07, 6.45) is 1.91. The highest BCUT2D eigenvalue weighted by atomic mass is 32.1. The number of rotatable bonds is 11. The first-order valence-corrected chi connectivity index (χ1v) is 21.5. The van der Waals surface area contributed by atoms with Crippen LogP contribution in [0.3, 0.4) is 0 Å². The highest BCUT2D eigenvalue weighted by molar-refractivity contribution is 7.18. The third-order valence-corrected chi connectivity index (χ3v) is 12.9. The minimum absolute atomic E-state index is 0.0231. The summed E-state index contributed by atoms with van der Waals surface area (Å²) in [5.74, 6) is -3.41. The molecule has 3 aliphatic rings. The third-order valence-electron chi connectivity index (χ3n) is 11.9. The number of carbonyl (C=O) groups is 6. The van der Waals surface area contributed by atoms with Crippen LogP contribution < -0.4 is 4.74 Å². The van der Waals surface area contributed by atoms with E-state index in [0.717, 1.165) is 38.5 Å². The fourth-order valence-corrected chi connectivity index (χ4v) is 8.85. The second-order valence-corrected chi connectivity index (χ2v) is 18.1. The van der Waals surface area contributed by atoms with E-state index in [2.05, 4.69) is 11.6 Å². The number of aliphatic hydroxyl groups excluding tert-OH is 1. The third kappa shape index (κ3) is 11.2. The lowest BCUT2D eigenvalue weighted by molar-refractivity contribution is -0.157. The molecule has 7 unspecified atom stereocenters. The molecule has 2 fully saturated rings. The number of epoxide rings is 1. The molecule has 2 amide bonds. The van der Waals surface area contributed by atoms with E-state index < -0.39 is 77.4 Å². The van der Waals surface area contributed by atoms with Crippen LogP contribution in [0.2, 0.25) is 0 Å². The first kappa shape index (κ1) is 45.3. The van der Waals surface area contributed by atoms with Gasteiger partial charge in [-0.2, -0.15) is 0 Å². The number of amides is 2. The number of nitrogens with zero attached hydrogens (tertiary/aromatic N) is 2. The second-order valence-electron chi connectivity index (χ2n) is 16.9. The summed E-state index contributed by atoms with van der Waals surface area (Å²) >= 11 is 1.57. The van der Waals surface area contributed by atoms with Crippen molar-refractivity contribution in [1.82, 2.24) is 9.88 Å². The number of imide groups is 1. The number of hydrogen-bond donors (Lipinski definition) is 1. The van der Waals surface area contributed by atoms with Gasteiger partial charge in [-0.15, -0.1) is 17.9 Å². The van der Waals surface area contributed by atoms with Gasteiger partial charge < -0.3 is 28.8 Å². The maximum Gasteiger partial charge on any atom is 0.508 e. The van der Waals surface area contributed by atoms with Crippen molar-refractivity contribution in [3.05, 3.63) is 83.4 Å². The molecule has 2 aromatic carbocycles. The van der Waals surface area contributed by atoms with Crippen LogP contribution in [0.4, 0.5) is 4.79 Å². The van der Waals surface area contributed by atoms with Crippen molar-refractivity contribution in [2.75, 3.05) is 6.54 Å². The van der Waals surface area contributed by atoms with Gasteiger partial charge in [0.25, 0.3) is 11.8 Å². The second kappa shape index (κ2) is 19.2. The van der Waals surface area contributed by atoms with Gasteiger partial charge >= 0.3 is 18.1 Å². The van der Waals surface area contributed by atoms with Gasteiger partial charge in [0.1, 0.15) is 30.3 Å². The quantitative estimate of drug-likeness (QED) is 0.0660. The summed E-state index contributed by atoms with van der Waals surface area (Å²) in [5.41, 5.74) is 0.124. The van der Waals surface area contributed by atoms with Crippen molar-refractivity contribution in [2.24, 2.45) is 17.3 Å². The number of hydrogen-bond acceptors (Lipinski definition) is 14. The topological polar surface area (TPSA) is 188 Å². The number of fused-ring (bicyclic) bond motifs is 2. The Morgan fingerprint density at radius 3 is 2.49 bits per heavy atom. The van der Waals surface area contributed by atoms with Gasteiger partial charge in [0.05, 0.1) is 44.9 Å². The summed E-state index contributed by atoms with van der Waals surface area (Å²) in [5, 5.41) is 12.5. The van der Waals surface area contributed by atoms with Crippen LogP contribution in [-0.4, -0.2) is 81.1 Å². The number of allylic oxidation sites excluding steroid dienone is 1. The molecule has 6 rings (SSSR count). The van der Waals surface area contributed by atoms with Crippen molar-refractivity contribution in [3.63, 3.8) is 0 Å². The van der Waals surface area contributed by atoms with Crippen molar-refractivity contribution in [1.29, 1.82) is 0 Å². The Hall–Kier alpha value is -5.25. The number of carbonyl (C=O) groups excluding carboxylic acids is 6. The Kier molecular flexibility index (Phi) is 14.3. The van der Waals surface area contributed by atoms with E-state index >= 15 is 0 Å². The molecule has 3 aliphatic heterocycles. The summed E-state index contributed by atoms with van der Waals surface area (Å²) < 4.78 is 30.1. The van der Waals surface area contributed by atoms with Crippen LogP contribution in [0.15, 0.2) is 67.3 Å². The van der Waals surface area contributed by atoms with E-state index in [9.17, 15) is 33.9 Å². The molecule has 15 heteroatoms. The summed E-state index contributed by atoms with van der Waals surface area (Å²) in [6.45, 7) is 12.7. The molecule has 14 nitrogen and oxygen atoms in total. The number of ether oxygens (including phenoxy) is 5. The number of Topliss-reactive ketones (excluding diaryl/α,β-unsaturated/α-hetero) is 1. The maximum atomic E-state index is 14.5. The van der Waals surface area contributed by atoms with Crippen LogP contribution in [0.1, 0.15) is 101 Å². The molecule has 326 valence electrons. The lowest BCUT2D eigenvalue weighted by atomic mass is 9.71. The normalized spacial score (nSPS) is 27.0.